The highest BCUT2D eigenvalue weighted by Gasteiger charge is 2.32. The third-order valence-electron chi connectivity index (χ3n) is 5.16. The number of methoxy groups -OCH3 is 1. The number of amides is 1. The largest absolute Gasteiger partial charge is 0.497 e. The highest BCUT2D eigenvalue weighted by atomic mass is 32.1. The fourth-order valence-electron chi connectivity index (χ4n) is 3.47. The minimum absolute atomic E-state index is 0.216. The molecule has 1 heterocycles. The van der Waals surface area contributed by atoms with Crippen LogP contribution in [0.5, 0.6) is 5.75 Å². The van der Waals surface area contributed by atoms with E-state index in [1.807, 2.05) is 0 Å². The molecule has 5 heteroatoms. The Labute approximate surface area is 158 Å². The summed E-state index contributed by atoms with van der Waals surface area (Å²) in [6, 6.07) is 9.33. The summed E-state index contributed by atoms with van der Waals surface area (Å²) in [5.74, 6) is 1.02. The topological polar surface area (TPSA) is 62.1 Å². The molecule has 1 atom stereocenters. The minimum Gasteiger partial charge on any atom is -0.497 e. The quantitative estimate of drug-likeness (QED) is 0.826. The van der Waals surface area contributed by atoms with Crippen molar-refractivity contribution in [3.05, 3.63) is 45.8 Å². The van der Waals surface area contributed by atoms with E-state index in [4.69, 9.17) is 4.74 Å². The Morgan fingerprint density at radius 1 is 1.38 bits per heavy atom. The van der Waals surface area contributed by atoms with Crippen molar-refractivity contribution < 1.29 is 9.53 Å². The van der Waals surface area contributed by atoms with Gasteiger partial charge in [-0.05, 0) is 54.4 Å². The SMILES string of the molecule is COc1cccc(C(=O)Nc2sc3c(c2C#N)CC[C@H](C(C)(C)C)C3)c1. The maximum absolute atomic E-state index is 12.6. The predicted octanol–water partition coefficient (Wildman–Crippen LogP) is 5.03. The maximum atomic E-state index is 12.6. The van der Waals surface area contributed by atoms with E-state index < -0.39 is 0 Å². The normalized spacial score (nSPS) is 16.5. The molecule has 0 saturated carbocycles. The van der Waals surface area contributed by atoms with E-state index in [9.17, 15) is 10.1 Å². The number of carbonyl (C=O) groups is 1. The van der Waals surface area contributed by atoms with Crippen LogP contribution in [-0.2, 0) is 12.8 Å². The van der Waals surface area contributed by atoms with E-state index in [0.29, 0.717) is 27.8 Å². The molecule has 1 amide bonds. The summed E-state index contributed by atoms with van der Waals surface area (Å²) >= 11 is 1.55. The van der Waals surface area contributed by atoms with E-state index in [1.54, 1.807) is 42.7 Å². The van der Waals surface area contributed by atoms with Crippen molar-refractivity contribution >= 4 is 22.2 Å². The molecule has 0 radical (unpaired) electrons. The molecule has 0 spiro atoms. The number of benzene rings is 1. The molecule has 4 nitrogen and oxygen atoms in total. The Bertz CT molecular complexity index is 871. The molecule has 1 aromatic heterocycles. The minimum atomic E-state index is -0.216. The number of hydrogen-bond acceptors (Lipinski definition) is 4. The summed E-state index contributed by atoms with van der Waals surface area (Å²) in [7, 11) is 1.57. The number of ether oxygens (including phenoxy) is 1. The molecule has 1 aliphatic rings. The molecule has 0 bridgehead atoms. The number of fused-ring (bicyclic) bond motifs is 1. The first-order valence-electron chi connectivity index (χ1n) is 8.83. The average molecular weight is 369 g/mol. The molecule has 1 aromatic carbocycles. The van der Waals surface area contributed by atoms with Crippen molar-refractivity contribution in [3.63, 3.8) is 0 Å². The fraction of sp³-hybridized carbons (Fsp3) is 0.429. The van der Waals surface area contributed by atoms with Crippen molar-refractivity contribution in [1.82, 2.24) is 0 Å². The second kappa shape index (κ2) is 7.13. The zero-order valence-electron chi connectivity index (χ0n) is 15.7. The van der Waals surface area contributed by atoms with Crippen molar-refractivity contribution in [2.75, 3.05) is 12.4 Å². The summed E-state index contributed by atoms with van der Waals surface area (Å²) in [4.78, 5) is 13.9. The van der Waals surface area contributed by atoms with Gasteiger partial charge in [0.1, 0.15) is 16.8 Å². The zero-order chi connectivity index (χ0) is 18.9. The van der Waals surface area contributed by atoms with Gasteiger partial charge in [0.2, 0.25) is 0 Å². The van der Waals surface area contributed by atoms with E-state index in [2.05, 4.69) is 32.2 Å². The van der Waals surface area contributed by atoms with Crippen molar-refractivity contribution in [1.29, 1.82) is 5.26 Å². The van der Waals surface area contributed by atoms with Crippen molar-refractivity contribution in [2.24, 2.45) is 11.3 Å². The van der Waals surface area contributed by atoms with Gasteiger partial charge in [-0.3, -0.25) is 4.79 Å². The number of hydrogen-bond donors (Lipinski definition) is 1. The third-order valence-corrected chi connectivity index (χ3v) is 6.33. The van der Waals surface area contributed by atoms with Gasteiger partial charge in [-0.25, -0.2) is 0 Å². The summed E-state index contributed by atoms with van der Waals surface area (Å²) in [5, 5.41) is 13.2. The number of rotatable bonds is 3. The monoisotopic (exact) mass is 368 g/mol. The van der Waals surface area contributed by atoms with Crippen molar-refractivity contribution in [2.45, 2.75) is 40.0 Å². The van der Waals surface area contributed by atoms with Gasteiger partial charge in [0.25, 0.3) is 5.91 Å². The standard InChI is InChI=1S/C21H24N2O2S/c1-21(2,3)14-8-9-16-17(12-22)20(26-18(16)11-14)23-19(24)13-6-5-7-15(10-13)25-4/h5-7,10,14H,8-9,11H2,1-4H3,(H,23,24)/t14-/m0/s1. The molecule has 2 aromatic rings. The average Bonchev–Trinajstić information content (AvgIpc) is 2.97. The van der Waals surface area contributed by atoms with Crippen LogP contribution in [0.4, 0.5) is 5.00 Å². The molecule has 3 rings (SSSR count). The van der Waals surface area contributed by atoms with E-state index >= 15 is 0 Å². The highest BCUT2D eigenvalue weighted by Crippen LogP contribution is 2.44. The van der Waals surface area contributed by atoms with Crippen LogP contribution < -0.4 is 10.1 Å². The van der Waals surface area contributed by atoms with Gasteiger partial charge in [-0.15, -0.1) is 11.3 Å². The first-order chi connectivity index (χ1) is 12.3. The lowest BCUT2D eigenvalue weighted by molar-refractivity contribution is 0.102. The molecular weight excluding hydrogens is 344 g/mol. The van der Waals surface area contributed by atoms with Gasteiger partial charge < -0.3 is 10.1 Å². The van der Waals surface area contributed by atoms with Gasteiger partial charge in [0.15, 0.2) is 0 Å². The lowest BCUT2D eigenvalue weighted by Gasteiger charge is -2.33. The van der Waals surface area contributed by atoms with Crippen LogP contribution in [0.2, 0.25) is 0 Å². The van der Waals surface area contributed by atoms with Crippen molar-refractivity contribution in [3.8, 4) is 11.8 Å². The lowest BCUT2D eigenvalue weighted by atomic mass is 9.72. The summed E-state index contributed by atoms with van der Waals surface area (Å²) < 4.78 is 5.18. The number of carbonyl (C=O) groups excluding carboxylic acids is 1. The van der Waals surface area contributed by atoms with E-state index in [-0.39, 0.29) is 11.3 Å². The fourth-order valence-corrected chi connectivity index (χ4v) is 4.74. The van der Waals surface area contributed by atoms with Crippen LogP contribution in [-0.4, -0.2) is 13.0 Å². The lowest BCUT2D eigenvalue weighted by Crippen LogP contribution is -2.26. The summed E-state index contributed by atoms with van der Waals surface area (Å²) in [6.45, 7) is 6.81. The molecule has 0 fully saturated rings. The zero-order valence-corrected chi connectivity index (χ0v) is 16.5. The molecule has 136 valence electrons. The molecule has 1 aliphatic carbocycles. The Balaban J connectivity index is 1.86. The first kappa shape index (κ1) is 18.5. The third kappa shape index (κ3) is 3.61. The van der Waals surface area contributed by atoms with Crippen LogP contribution in [0.25, 0.3) is 0 Å². The second-order valence-electron chi connectivity index (χ2n) is 7.81. The molecule has 1 N–H and O–H groups in total. The van der Waals surface area contributed by atoms with Gasteiger partial charge in [0, 0.05) is 10.4 Å². The van der Waals surface area contributed by atoms with Gasteiger partial charge >= 0.3 is 0 Å². The van der Waals surface area contributed by atoms with Gasteiger partial charge in [0.05, 0.1) is 12.7 Å². The molecular formula is C21H24N2O2S. The van der Waals surface area contributed by atoms with Crippen LogP contribution >= 0.6 is 11.3 Å². The van der Waals surface area contributed by atoms with Crippen LogP contribution in [0.15, 0.2) is 24.3 Å². The Morgan fingerprint density at radius 2 is 2.15 bits per heavy atom. The van der Waals surface area contributed by atoms with E-state index in [0.717, 1.165) is 24.8 Å². The molecule has 0 saturated heterocycles. The van der Waals surface area contributed by atoms with Crippen LogP contribution in [0, 0.1) is 22.7 Å². The molecule has 0 aliphatic heterocycles. The van der Waals surface area contributed by atoms with Crippen LogP contribution in [0.1, 0.15) is 53.6 Å². The highest BCUT2D eigenvalue weighted by molar-refractivity contribution is 7.16. The molecule has 0 unspecified atom stereocenters. The number of thiophene rings is 1. The second-order valence-corrected chi connectivity index (χ2v) is 8.92. The maximum Gasteiger partial charge on any atom is 0.256 e. The van der Waals surface area contributed by atoms with E-state index in [1.165, 1.54) is 4.88 Å². The number of nitriles is 1. The Kier molecular flexibility index (Phi) is 5.06. The number of nitrogens with zero attached hydrogens (tertiary/aromatic N) is 1. The van der Waals surface area contributed by atoms with Gasteiger partial charge in [-0.1, -0.05) is 26.8 Å². The smallest absolute Gasteiger partial charge is 0.256 e. The first-order valence-corrected chi connectivity index (χ1v) is 9.65. The number of nitrogens with one attached hydrogen (secondary N) is 1. The summed E-state index contributed by atoms with van der Waals surface area (Å²) in [5.41, 5.74) is 2.53. The Hall–Kier alpha value is -2.32. The summed E-state index contributed by atoms with van der Waals surface area (Å²) in [6.07, 6.45) is 2.98. The Morgan fingerprint density at radius 3 is 2.81 bits per heavy atom. The van der Waals surface area contributed by atoms with Crippen LogP contribution in [0.3, 0.4) is 0 Å². The predicted molar refractivity (Wildman–Crippen MR) is 105 cm³/mol. The number of anilines is 1. The molecule has 26 heavy (non-hydrogen) atoms. The van der Waals surface area contributed by atoms with Gasteiger partial charge in [-0.2, -0.15) is 5.26 Å².